The van der Waals surface area contributed by atoms with E-state index in [1.807, 2.05) is 0 Å². The molecule has 0 radical (unpaired) electrons. The maximum Gasteiger partial charge on any atom is 0.356 e. The Morgan fingerprint density at radius 2 is 2.14 bits per heavy atom. The molecule has 2 N–H and O–H groups in total. The Kier molecular flexibility index (Phi) is 3.65. The molecule has 0 aliphatic rings. The van der Waals surface area contributed by atoms with Crippen molar-refractivity contribution in [2.45, 2.75) is 6.54 Å². The molecule has 0 spiro atoms. The van der Waals surface area contributed by atoms with Crippen LogP contribution in [0.1, 0.15) is 10.5 Å². The molecule has 2 rings (SSSR count). The minimum Gasteiger partial charge on any atom is -0.476 e. The number of rotatable bonds is 5. The predicted octanol–water partition coefficient (Wildman–Crippen LogP) is -0.138. The Morgan fingerprint density at radius 3 is 2.71 bits per heavy atom. The number of nitrogens with one attached hydrogen (secondary N) is 1. The number of aromatic nitrogens is 4. The van der Waals surface area contributed by atoms with Crippen molar-refractivity contribution in [2.75, 3.05) is 5.32 Å². The number of carbonyl (C=O) groups is 2. The molecule has 0 saturated carbocycles. The van der Waals surface area contributed by atoms with Crippen LogP contribution in [0.2, 0.25) is 0 Å². The van der Waals surface area contributed by atoms with Gasteiger partial charge in [0.15, 0.2) is 5.69 Å². The second-order valence-corrected chi connectivity index (χ2v) is 4.04. The summed E-state index contributed by atoms with van der Waals surface area (Å²) < 4.78 is 2.18. The van der Waals surface area contributed by atoms with Crippen LogP contribution in [-0.4, -0.2) is 41.5 Å². The Hall–Kier alpha value is -3.24. The SMILES string of the molecule is Cn1ncc(NC(=O)Cn2cc([N+](=O)[O-])cn2)c1C(=O)O. The normalized spacial score (nSPS) is 10.3. The summed E-state index contributed by atoms with van der Waals surface area (Å²) in [5.74, 6) is -1.82. The number of amides is 1. The highest BCUT2D eigenvalue weighted by atomic mass is 16.6. The summed E-state index contributed by atoms with van der Waals surface area (Å²) in [6.07, 6.45) is 3.31. The number of anilines is 1. The van der Waals surface area contributed by atoms with Gasteiger partial charge in [-0.3, -0.25) is 24.3 Å². The number of carboxylic acid groups (broad SMARTS) is 1. The van der Waals surface area contributed by atoms with E-state index >= 15 is 0 Å². The van der Waals surface area contributed by atoms with Crippen LogP contribution in [0.25, 0.3) is 0 Å². The first-order chi connectivity index (χ1) is 9.88. The number of nitrogens with zero attached hydrogens (tertiary/aromatic N) is 5. The van der Waals surface area contributed by atoms with Gasteiger partial charge in [0, 0.05) is 7.05 Å². The number of aromatic carboxylic acids is 1. The Bertz CT molecular complexity index is 717. The van der Waals surface area contributed by atoms with E-state index in [1.54, 1.807) is 0 Å². The van der Waals surface area contributed by atoms with Crippen LogP contribution in [0.4, 0.5) is 11.4 Å². The Balaban J connectivity index is 2.08. The molecule has 0 aliphatic heterocycles. The topological polar surface area (TPSA) is 145 Å². The summed E-state index contributed by atoms with van der Waals surface area (Å²) >= 11 is 0. The molecular formula is C10H10N6O5. The van der Waals surface area contributed by atoms with Crippen LogP contribution in [0.3, 0.4) is 0 Å². The molecule has 21 heavy (non-hydrogen) atoms. The smallest absolute Gasteiger partial charge is 0.356 e. The highest BCUT2D eigenvalue weighted by Crippen LogP contribution is 2.14. The molecule has 11 heteroatoms. The van der Waals surface area contributed by atoms with Gasteiger partial charge in [-0.05, 0) is 0 Å². The summed E-state index contributed by atoms with van der Waals surface area (Å²) in [5.41, 5.74) is -0.373. The van der Waals surface area contributed by atoms with E-state index in [-0.39, 0.29) is 23.6 Å². The van der Waals surface area contributed by atoms with Crippen LogP contribution in [-0.2, 0) is 18.4 Å². The lowest BCUT2D eigenvalue weighted by atomic mass is 10.3. The summed E-state index contributed by atoms with van der Waals surface area (Å²) in [5, 5.41) is 29.2. The van der Waals surface area contributed by atoms with E-state index in [9.17, 15) is 19.7 Å². The Labute approximate surface area is 116 Å². The van der Waals surface area contributed by atoms with E-state index in [1.165, 1.54) is 13.2 Å². The van der Waals surface area contributed by atoms with Gasteiger partial charge in [0.2, 0.25) is 5.91 Å². The first kappa shape index (κ1) is 14.2. The molecule has 1 amide bonds. The zero-order chi connectivity index (χ0) is 15.6. The lowest BCUT2D eigenvalue weighted by Crippen LogP contribution is -2.20. The van der Waals surface area contributed by atoms with Crippen LogP contribution in [0.5, 0.6) is 0 Å². The van der Waals surface area contributed by atoms with E-state index in [0.29, 0.717) is 0 Å². The molecule has 0 aromatic carbocycles. The molecule has 0 aliphatic carbocycles. The fraction of sp³-hybridized carbons (Fsp3) is 0.200. The van der Waals surface area contributed by atoms with E-state index < -0.39 is 16.8 Å². The highest BCUT2D eigenvalue weighted by molar-refractivity contribution is 5.99. The molecule has 0 saturated heterocycles. The molecule has 0 fully saturated rings. The molecule has 0 unspecified atom stereocenters. The van der Waals surface area contributed by atoms with Crippen molar-refractivity contribution >= 4 is 23.3 Å². The number of nitro groups is 1. The summed E-state index contributed by atoms with van der Waals surface area (Å²) in [6.45, 7) is -0.290. The maximum absolute atomic E-state index is 11.8. The molecule has 2 aromatic heterocycles. The van der Waals surface area contributed by atoms with E-state index in [2.05, 4.69) is 15.5 Å². The predicted molar refractivity (Wildman–Crippen MR) is 67.7 cm³/mol. The minimum atomic E-state index is -1.24. The zero-order valence-electron chi connectivity index (χ0n) is 10.8. The zero-order valence-corrected chi connectivity index (χ0v) is 10.8. The van der Waals surface area contributed by atoms with Gasteiger partial charge in [0.25, 0.3) is 0 Å². The van der Waals surface area contributed by atoms with Crippen LogP contribution >= 0.6 is 0 Å². The van der Waals surface area contributed by atoms with E-state index in [0.717, 1.165) is 21.8 Å². The third kappa shape index (κ3) is 3.02. The summed E-state index contributed by atoms with van der Waals surface area (Å²) in [6, 6.07) is 0. The monoisotopic (exact) mass is 294 g/mol. The van der Waals surface area contributed by atoms with Gasteiger partial charge in [0.05, 0.1) is 16.8 Å². The number of hydrogen-bond donors (Lipinski definition) is 2. The molecular weight excluding hydrogens is 284 g/mol. The fourth-order valence-electron chi connectivity index (χ4n) is 1.65. The molecule has 11 nitrogen and oxygen atoms in total. The van der Waals surface area contributed by atoms with Crippen LogP contribution in [0.15, 0.2) is 18.6 Å². The molecule has 2 heterocycles. The maximum atomic E-state index is 11.8. The van der Waals surface area contributed by atoms with Crippen molar-refractivity contribution < 1.29 is 19.6 Å². The first-order valence-corrected chi connectivity index (χ1v) is 5.60. The van der Waals surface area contributed by atoms with Crippen molar-refractivity contribution in [2.24, 2.45) is 7.05 Å². The van der Waals surface area contributed by atoms with Crippen molar-refractivity contribution in [3.8, 4) is 0 Å². The molecule has 110 valence electrons. The van der Waals surface area contributed by atoms with Crippen LogP contribution in [0, 0.1) is 10.1 Å². The Morgan fingerprint density at radius 1 is 1.43 bits per heavy atom. The van der Waals surface area contributed by atoms with Gasteiger partial charge >= 0.3 is 11.7 Å². The third-order valence-corrected chi connectivity index (χ3v) is 2.55. The second-order valence-electron chi connectivity index (χ2n) is 4.04. The van der Waals surface area contributed by atoms with Gasteiger partial charge in [-0.15, -0.1) is 0 Å². The van der Waals surface area contributed by atoms with Crippen molar-refractivity contribution in [1.29, 1.82) is 0 Å². The number of carboxylic acids is 1. The number of hydrogen-bond acceptors (Lipinski definition) is 6. The van der Waals surface area contributed by atoms with Gasteiger partial charge in [-0.25, -0.2) is 4.79 Å². The summed E-state index contributed by atoms with van der Waals surface area (Å²) in [4.78, 5) is 32.6. The standard InChI is InChI=1S/C10H10N6O5/c1-14-9(10(18)19)7(3-11-14)13-8(17)5-15-4-6(2-12-15)16(20)21/h2-4H,5H2,1H3,(H,13,17)(H,18,19). The molecule has 0 atom stereocenters. The van der Waals surface area contributed by atoms with Gasteiger partial charge in [0.1, 0.15) is 18.9 Å². The lowest BCUT2D eigenvalue weighted by molar-refractivity contribution is -0.385. The third-order valence-electron chi connectivity index (χ3n) is 2.55. The first-order valence-electron chi connectivity index (χ1n) is 5.60. The van der Waals surface area contributed by atoms with Gasteiger partial charge < -0.3 is 10.4 Å². The average molecular weight is 294 g/mol. The molecule has 0 bridgehead atoms. The van der Waals surface area contributed by atoms with Gasteiger partial charge in [-0.1, -0.05) is 0 Å². The lowest BCUT2D eigenvalue weighted by Gasteiger charge is -2.04. The second kappa shape index (κ2) is 5.40. The quantitative estimate of drug-likeness (QED) is 0.576. The summed E-state index contributed by atoms with van der Waals surface area (Å²) in [7, 11) is 1.43. The van der Waals surface area contributed by atoms with Crippen molar-refractivity contribution in [3.63, 3.8) is 0 Å². The highest BCUT2D eigenvalue weighted by Gasteiger charge is 2.18. The van der Waals surface area contributed by atoms with Crippen molar-refractivity contribution in [1.82, 2.24) is 19.6 Å². The largest absolute Gasteiger partial charge is 0.476 e. The number of carbonyl (C=O) groups excluding carboxylic acids is 1. The van der Waals surface area contributed by atoms with Gasteiger partial charge in [-0.2, -0.15) is 10.2 Å². The van der Waals surface area contributed by atoms with E-state index in [4.69, 9.17) is 5.11 Å². The average Bonchev–Trinajstić information content (AvgIpc) is 2.96. The molecule has 2 aromatic rings. The minimum absolute atomic E-state index is 0.0386. The van der Waals surface area contributed by atoms with Crippen molar-refractivity contribution in [3.05, 3.63) is 34.4 Å². The fourth-order valence-corrected chi connectivity index (χ4v) is 1.65. The van der Waals surface area contributed by atoms with Crippen LogP contribution < -0.4 is 5.32 Å². The number of aryl methyl sites for hydroxylation is 1.